The van der Waals surface area contributed by atoms with Gasteiger partial charge in [-0.25, -0.2) is 4.79 Å². The smallest absolute Gasteiger partial charge is 0.318 e. The molecular weight excluding hydrogens is 398 g/mol. The van der Waals surface area contributed by atoms with Crippen LogP contribution in [0.15, 0.2) is 47.1 Å². The molecule has 0 saturated carbocycles. The Kier molecular flexibility index (Phi) is 5.98. The van der Waals surface area contributed by atoms with Gasteiger partial charge in [0.05, 0.1) is 19.1 Å². The van der Waals surface area contributed by atoms with Gasteiger partial charge in [0.1, 0.15) is 0 Å². The number of halogens is 1. The first-order valence-corrected chi connectivity index (χ1v) is 9.50. The van der Waals surface area contributed by atoms with E-state index in [9.17, 15) is 9.59 Å². The number of carbonyl (C=O) groups excluding carboxylic acids is 2. The molecule has 0 radical (unpaired) electrons. The van der Waals surface area contributed by atoms with Gasteiger partial charge in [-0.05, 0) is 36.8 Å². The second kappa shape index (κ2) is 8.40. The Labute approximate surface area is 161 Å². The maximum absolute atomic E-state index is 12.8. The molecule has 2 aromatic rings. The van der Waals surface area contributed by atoms with Crippen molar-refractivity contribution in [2.75, 3.05) is 19.7 Å². The quantitative estimate of drug-likeness (QED) is 0.755. The third-order valence-corrected chi connectivity index (χ3v) is 4.92. The van der Waals surface area contributed by atoms with E-state index < -0.39 is 0 Å². The zero-order valence-electron chi connectivity index (χ0n) is 14.7. The molecule has 1 aromatic carbocycles. The highest BCUT2D eigenvalue weighted by Gasteiger charge is 2.32. The fraction of sp³-hybridized carbons (Fsp3) is 0.368. The van der Waals surface area contributed by atoms with Crippen molar-refractivity contribution in [3.8, 4) is 0 Å². The number of amides is 2. The van der Waals surface area contributed by atoms with Gasteiger partial charge in [0, 0.05) is 36.0 Å². The number of nitrogens with zero attached hydrogens (tertiary/aromatic N) is 2. The largest absolute Gasteiger partial charge is 0.466 e. The Hall–Kier alpha value is -2.28. The minimum absolute atomic E-state index is 0.158. The van der Waals surface area contributed by atoms with Crippen molar-refractivity contribution in [1.29, 1.82) is 0 Å². The van der Waals surface area contributed by atoms with Crippen LogP contribution in [0, 0.1) is 0 Å². The van der Waals surface area contributed by atoms with Gasteiger partial charge in [0.25, 0.3) is 0 Å². The summed E-state index contributed by atoms with van der Waals surface area (Å²) in [6.45, 7) is 3.74. The molecule has 0 bridgehead atoms. The summed E-state index contributed by atoms with van der Waals surface area (Å²) in [6.07, 6.45) is 2.21. The molecule has 0 aliphatic carbocycles. The standard InChI is InChI=1S/C19H22BrN3O3/c1-2-26-17(24)9-10-21-19(25)23-13-12-22-11-3-4-16(22)18(23)14-5-7-15(20)8-6-14/h3-8,11,18H,2,9-10,12-13H2,1H3,(H,21,25). The summed E-state index contributed by atoms with van der Waals surface area (Å²) in [7, 11) is 0. The number of fused-ring (bicyclic) bond motifs is 1. The Morgan fingerprint density at radius 3 is 2.73 bits per heavy atom. The van der Waals surface area contributed by atoms with Crippen molar-refractivity contribution in [1.82, 2.24) is 14.8 Å². The highest BCUT2D eigenvalue weighted by molar-refractivity contribution is 9.10. The molecule has 26 heavy (non-hydrogen) atoms. The highest BCUT2D eigenvalue weighted by atomic mass is 79.9. The molecule has 6 nitrogen and oxygen atoms in total. The molecule has 1 aromatic heterocycles. The lowest BCUT2D eigenvalue weighted by atomic mass is 10.0. The van der Waals surface area contributed by atoms with Gasteiger partial charge >= 0.3 is 12.0 Å². The lowest BCUT2D eigenvalue weighted by Gasteiger charge is -2.37. The van der Waals surface area contributed by atoms with E-state index in [0.29, 0.717) is 13.2 Å². The number of hydrogen-bond acceptors (Lipinski definition) is 3. The number of carbonyl (C=O) groups is 2. The van der Waals surface area contributed by atoms with Crippen LogP contribution < -0.4 is 5.32 Å². The molecule has 1 aliphatic rings. The minimum Gasteiger partial charge on any atom is -0.466 e. The lowest BCUT2D eigenvalue weighted by molar-refractivity contribution is -0.142. The molecule has 0 saturated heterocycles. The molecule has 1 atom stereocenters. The van der Waals surface area contributed by atoms with Gasteiger partial charge in [-0.1, -0.05) is 28.1 Å². The number of hydrogen-bond donors (Lipinski definition) is 1. The third-order valence-electron chi connectivity index (χ3n) is 4.40. The molecule has 2 heterocycles. The first-order chi connectivity index (χ1) is 12.6. The van der Waals surface area contributed by atoms with Gasteiger partial charge in [0.2, 0.25) is 0 Å². The summed E-state index contributed by atoms with van der Waals surface area (Å²) in [6, 6.07) is 11.7. The maximum Gasteiger partial charge on any atom is 0.318 e. The van der Waals surface area contributed by atoms with Crippen LogP contribution in [0.1, 0.15) is 30.6 Å². The van der Waals surface area contributed by atoms with Crippen molar-refractivity contribution >= 4 is 27.9 Å². The van der Waals surface area contributed by atoms with Crippen LogP contribution >= 0.6 is 15.9 Å². The maximum atomic E-state index is 12.8. The van der Waals surface area contributed by atoms with Crippen LogP contribution in [-0.4, -0.2) is 41.2 Å². The van der Waals surface area contributed by atoms with Crippen molar-refractivity contribution in [2.24, 2.45) is 0 Å². The second-order valence-electron chi connectivity index (χ2n) is 6.06. The molecule has 7 heteroatoms. The summed E-state index contributed by atoms with van der Waals surface area (Å²) in [4.78, 5) is 26.0. The topological polar surface area (TPSA) is 63.6 Å². The number of ether oxygens (including phenoxy) is 1. The predicted octanol–water partition coefficient (Wildman–Crippen LogP) is 3.32. The summed E-state index contributed by atoms with van der Waals surface area (Å²) in [5.74, 6) is -0.301. The summed E-state index contributed by atoms with van der Waals surface area (Å²) < 4.78 is 8.07. The Balaban J connectivity index is 1.75. The van der Waals surface area contributed by atoms with Crippen molar-refractivity contribution in [2.45, 2.75) is 25.9 Å². The SMILES string of the molecule is CCOC(=O)CCNC(=O)N1CCn2cccc2C1c1ccc(Br)cc1. The van der Waals surface area contributed by atoms with E-state index in [0.717, 1.165) is 22.3 Å². The highest BCUT2D eigenvalue weighted by Crippen LogP contribution is 2.32. The monoisotopic (exact) mass is 419 g/mol. The molecule has 1 unspecified atom stereocenters. The first-order valence-electron chi connectivity index (χ1n) is 8.70. The predicted molar refractivity (Wildman–Crippen MR) is 102 cm³/mol. The van der Waals surface area contributed by atoms with E-state index in [1.54, 1.807) is 6.92 Å². The molecular formula is C19H22BrN3O3. The Bertz CT molecular complexity index is 773. The minimum atomic E-state index is -0.301. The van der Waals surface area contributed by atoms with E-state index in [-0.39, 0.29) is 31.0 Å². The number of rotatable bonds is 5. The average Bonchev–Trinajstić information content (AvgIpc) is 3.10. The molecule has 0 fully saturated rings. The molecule has 0 spiro atoms. The molecule has 3 rings (SSSR count). The summed E-state index contributed by atoms with van der Waals surface area (Å²) in [5.41, 5.74) is 2.13. The molecule has 138 valence electrons. The van der Waals surface area contributed by atoms with Crippen molar-refractivity contribution < 1.29 is 14.3 Å². The first kappa shape index (κ1) is 18.5. The average molecular weight is 420 g/mol. The molecule has 2 amide bonds. The van der Waals surface area contributed by atoms with Crippen LogP contribution in [0.4, 0.5) is 4.79 Å². The number of aromatic nitrogens is 1. The van der Waals surface area contributed by atoms with Gasteiger partial charge < -0.3 is 19.5 Å². The van der Waals surface area contributed by atoms with Gasteiger partial charge in [-0.3, -0.25) is 4.79 Å². The van der Waals surface area contributed by atoms with Gasteiger partial charge in [0.15, 0.2) is 0 Å². The Morgan fingerprint density at radius 2 is 2.00 bits per heavy atom. The number of nitrogens with one attached hydrogen (secondary N) is 1. The van der Waals surface area contributed by atoms with Crippen LogP contribution in [-0.2, 0) is 16.1 Å². The van der Waals surface area contributed by atoms with E-state index in [4.69, 9.17) is 4.74 Å². The summed E-state index contributed by atoms with van der Waals surface area (Å²) in [5, 5.41) is 2.84. The fourth-order valence-electron chi connectivity index (χ4n) is 3.20. The van der Waals surface area contributed by atoms with E-state index in [1.165, 1.54) is 0 Å². The summed E-state index contributed by atoms with van der Waals surface area (Å²) >= 11 is 3.46. The van der Waals surface area contributed by atoms with Crippen molar-refractivity contribution in [3.63, 3.8) is 0 Å². The zero-order valence-corrected chi connectivity index (χ0v) is 16.2. The van der Waals surface area contributed by atoms with Gasteiger partial charge in [-0.2, -0.15) is 0 Å². The third kappa shape index (κ3) is 4.09. The lowest BCUT2D eigenvalue weighted by Crippen LogP contribution is -2.47. The Morgan fingerprint density at radius 1 is 1.23 bits per heavy atom. The van der Waals surface area contributed by atoms with Gasteiger partial charge in [-0.15, -0.1) is 0 Å². The van der Waals surface area contributed by atoms with E-state index in [2.05, 4.69) is 25.8 Å². The molecule has 1 aliphatic heterocycles. The van der Waals surface area contributed by atoms with Crippen LogP contribution in [0.25, 0.3) is 0 Å². The number of esters is 1. The van der Waals surface area contributed by atoms with E-state index in [1.807, 2.05) is 47.5 Å². The van der Waals surface area contributed by atoms with Crippen LogP contribution in [0.2, 0.25) is 0 Å². The normalized spacial score (nSPS) is 16.1. The molecule has 1 N–H and O–H groups in total. The zero-order chi connectivity index (χ0) is 18.5. The fourth-order valence-corrected chi connectivity index (χ4v) is 3.47. The van der Waals surface area contributed by atoms with Crippen LogP contribution in [0.5, 0.6) is 0 Å². The van der Waals surface area contributed by atoms with E-state index >= 15 is 0 Å². The number of urea groups is 1. The van der Waals surface area contributed by atoms with Crippen LogP contribution in [0.3, 0.4) is 0 Å². The second-order valence-corrected chi connectivity index (χ2v) is 6.98. The van der Waals surface area contributed by atoms with Crippen molar-refractivity contribution in [3.05, 3.63) is 58.3 Å². The number of benzene rings is 1.